The lowest BCUT2D eigenvalue weighted by atomic mass is 10.0. The summed E-state index contributed by atoms with van der Waals surface area (Å²) in [5, 5.41) is 0. The Kier molecular flexibility index (Phi) is 2.86. The maximum absolute atomic E-state index is 13.2. The Hall–Kier alpha value is -0.780. The predicted molar refractivity (Wildman–Crippen MR) is 60.7 cm³/mol. The van der Waals surface area contributed by atoms with Crippen LogP contribution in [0.3, 0.4) is 0 Å². The molecule has 2 rings (SSSR count). The van der Waals surface area contributed by atoms with Gasteiger partial charge in [0, 0.05) is 0 Å². The lowest BCUT2D eigenvalue weighted by Gasteiger charge is -2.16. The Labute approximate surface area is 96.1 Å². The smallest absolute Gasteiger partial charge is 0.164 e. The zero-order chi connectivity index (χ0) is 11.9. The number of hydrogen-bond donors (Lipinski definition) is 2. The Morgan fingerprint density at radius 2 is 2.38 bits per heavy atom. The topological polar surface area (TPSA) is 63.3 Å². The number of nitrogens with two attached hydrogens (primary N) is 1. The van der Waals surface area contributed by atoms with Crippen molar-refractivity contribution in [2.24, 2.45) is 11.7 Å². The third-order valence-electron chi connectivity index (χ3n) is 3.30. The molecule has 3 nitrogen and oxygen atoms in total. The molecule has 0 aromatic heterocycles. The molecule has 0 spiro atoms. The van der Waals surface area contributed by atoms with Gasteiger partial charge in [0.05, 0.1) is 0 Å². The zero-order valence-corrected chi connectivity index (χ0v) is 9.76. The normalized spacial score (nSPS) is 30.1. The molecule has 1 saturated carbocycles. The highest BCUT2D eigenvalue weighted by molar-refractivity contribution is 7.80. The van der Waals surface area contributed by atoms with Gasteiger partial charge in [0.15, 0.2) is 11.1 Å². The Morgan fingerprint density at radius 1 is 1.69 bits per heavy atom. The first-order chi connectivity index (χ1) is 7.52. The molecule has 0 bridgehead atoms. The summed E-state index contributed by atoms with van der Waals surface area (Å²) in [7, 11) is 0. The minimum atomic E-state index is -2.01. The van der Waals surface area contributed by atoms with E-state index in [-0.39, 0.29) is 11.7 Å². The SMILES string of the molecule is Cc1ccc(F)cc1C1(S(=O)O)CC1CN. The molecule has 0 saturated heterocycles. The first-order valence-electron chi connectivity index (χ1n) is 5.10. The first-order valence-corrected chi connectivity index (χ1v) is 6.20. The van der Waals surface area contributed by atoms with Crippen LogP contribution < -0.4 is 5.73 Å². The molecule has 3 atom stereocenters. The fourth-order valence-corrected chi connectivity index (χ4v) is 3.40. The van der Waals surface area contributed by atoms with Crippen molar-refractivity contribution in [3.8, 4) is 0 Å². The summed E-state index contributed by atoms with van der Waals surface area (Å²) in [6, 6.07) is 4.33. The van der Waals surface area contributed by atoms with Gasteiger partial charge in [-0.05, 0) is 49.1 Å². The molecule has 0 radical (unpaired) electrons. The Balaban J connectivity index is 2.50. The van der Waals surface area contributed by atoms with Gasteiger partial charge in [0.1, 0.15) is 10.6 Å². The molecule has 0 heterocycles. The highest BCUT2D eigenvalue weighted by atomic mass is 32.2. The van der Waals surface area contributed by atoms with Crippen LogP contribution in [0.15, 0.2) is 18.2 Å². The zero-order valence-electron chi connectivity index (χ0n) is 8.94. The number of halogens is 1. The fraction of sp³-hybridized carbons (Fsp3) is 0.455. The molecular weight excluding hydrogens is 229 g/mol. The Morgan fingerprint density at radius 3 is 2.88 bits per heavy atom. The molecular formula is C11H14FNO2S. The Bertz CT molecular complexity index is 452. The van der Waals surface area contributed by atoms with Crippen LogP contribution >= 0.6 is 0 Å². The summed E-state index contributed by atoms with van der Waals surface area (Å²) in [6.45, 7) is 2.16. The second-order valence-electron chi connectivity index (χ2n) is 4.23. The van der Waals surface area contributed by atoms with E-state index in [0.717, 1.165) is 5.56 Å². The van der Waals surface area contributed by atoms with Crippen LogP contribution in [0.2, 0.25) is 0 Å². The standard InChI is InChI=1S/C11H14FNO2S/c1-7-2-3-9(12)4-10(7)11(16(14)15)5-8(11)6-13/h2-4,8H,5-6,13H2,1H3,(H,14,15). The van der Waals surface area contributed by atoms with E-state index in [9.17, 15) is 13.2 Å². The predicted octanol–water partition coefficient (Wildman–Crippen LogP) is 1.53. The first kappa shape index (κ1) is 11.7. The van der Waals surface area contributed by atoms with Crippen molar-refractivity contribution in [1.29, 1.82) is 0 Å². The van der Waals surface area contributed by atoms with Crippen LogP contribution in [0.5, 0.6) is 0 Å². The molecule has 1 aliphatic rings. The van der Waals surface area contributed by atoms with Crippen LogP contribution in [-0.4, -0.2) is 15.3 Å². The minimum Gasteiger partial charge on any atom is -0.330 e. The highest BCUT2D eigenvalue weighted by Gasteiger charge is 2.60. The summed E-state index contributed by atoms with van der Waals surface area (Å²) >= 11 is -2.01. The van der Waals surface area contributed by atoms with Gasteiger partial charge in [0.2, 0.25) is 0 Å². The van der Waals surface area contributed by atoms with Gasteiger partial charge in [0.25, 0.3) is 0 Å². The molecule has 0 aliphatic heterocycles. The van der Waals surface area contributed by atoms with E-state index >= 15 is 0 Å². The van der Waals surface area contributed by atoms with E-state index in [1.165, 1.54) is 12.1 Å². The lowest BCUT2D eigenvalue weighted by molar-refractivity contribution is 0.537. The monoisotopic (exact) mass is 243 g/mol. The van der Waals surface area contributed by atoms with E-state index in [2.05, 4.69) is 0 Å². The number of rotatable bonds is 3. The number of aryl methyl sites for hydroxylation is 1. The lowest BCUT2D eigenvalue weighted by Crippen LogP contribution is -2.21. The third kappa shape index (κ3) is 1.59. The fourth-order valence-electron chi connectivity index (χ4n) is 2.27. The third-order valence-corrected chi connectivity index (χ3v) is 4.64. The van der Waals surface area contributed by atoms with E-state index in [4.69, 9.17) is 5.73 Å². The number of hydrogen-bond acceptors (Lipinski definition) is 2. The van der Waals surface area contributed by atoms with Crippen molar-refractivity contribution >= 4 is 11.1 Å². The van der Waals surface area contributed by atoms with Gasteiger partial charge in [-0.3, -0.25) is 0 Å². The largest absolute Gasteiger partial charge is 0.330 e. The van der Waals surface area contributed by atoms with Gasteiger partial charge in [-0.1, -0.05) is 6.07 Å². The molecule has 3 unspecified atom stereocenters. The quantitative estimate of drug-likeness (QED) is 0.791. The van der Waals surface area contributed by atoms with Crippen molar-refractivity contribution in [3.05, 3.63) is 35.1 Å². The summed E-state index contributed by atoms with van der Waals surface area (Å²) in [4.78, 5) is 0. The van der Waals surface area contributed by atoms with E-state index in [1.807, 2.05) is 6.92 Å². The van der Waals surface area contributed by atoms with Crippen LogP contribution in [0.25, 0.3) is 0 Å². The van der Waals surface area contributed by atoms with Gasteiger partial charge in [-0.2, -0.15) is 0 Å². The average molecular weight is 243 g/mol. The van der Waals surface area contributed by atoms with Gasteiger partial charge in [-0.25, -0.2) is 8.60 Å². The summed E-state index contributed by atoms with van der Waals surface area (Å²) in [6.07, 6.45) is 0.552. The van der Waals surface area contributed by atoms with E-state index < -0.39 is 15.8 Å². The molecule has 1 aromatic rings. The van der Waals surface area contributed by atoms with Gasteiger partial charge < -0.3 is 10.3 Å². The molecule has 0 amide bonds. The van der Waals surface area contributed by atoms with Crippen LogP contribution in [-0.2, 0) is 15.8 Å². The molecule has 5 heteroatoms. The van der Waals surface area contributed by atoms with Crippen LogP contribution in [0.4, 0.5) is 4.39 Å². The summed E-state index contributed by atoms with van der Waals surface area (Å²) in [5.41, 5.74) is 6.98. The van der Waals surface area contributed by atoms with Crippen LogP contribution in [0, 0.1) is 18.7 Å². The molecule has 1 aliphatic carbocycles. The van der Waals surface area contributed by atoms with Crippen molar-refractivity contribution in [1.82, 2.24) is 0 Å². The van der Waals surface area contributed by atoms with E-state index in [0.29, 0.717) is 18.5 Å². The van der Waals surface area contributed by atoms with Crippen molar-refractivity contribution < 1.29 is 13.2 Å². The average Bonchev–Trinajstić information content (AvgIpc) is 2.97. The molecule has 1 fully saturated rings. The second-order valence-corrected chi connectivity index (χ2v) is 5.46. The van der Waals surface area contributed by atoms with Crippen molar-refractivity contribution in [2.75, 3.05) is 6.54 Å². The van der Waals surface area contributed by atoms with E-state index in [1.54, 1.807) is 6.07 Å². The van der Waals surface area contributed by atoms with Gasteiger partial charge in [-0.15, -0.1) is 0 Å². The van der Waals surface area contributed by atoms with Gasteiger partial charge >= 0.3 is 0 Å². The summed E-state index contributed by atoms with van der Waals surface area (Å²) in [5.74, 6) is -0.410. The molecule has 88 valence electrons. The molecule has 1 aromatic carbocycles. The second kappa shape index (κ2) is 3.91. The highest BCUT2D eigenvalue weighted by Crippen LogP contribution is 2.56. The molecule has 3 N–H and O–H groups in total. The minimum absolute atomic E-state index is 0.0289. The van der Waals surface area contributed by atoms with Crippen molar-refractivity contribution in [2.45, 2.75) is 18.1 Å². The van der Waals surface area contributed by atoms with Crippen molar-refractivity contribution in [3.63, 3.8) is 0 Å². The summed E-state index contributed by atoms with van der Waals surface area (Å²) < 4.78 is 33.2. The van der Waals surface area contributed by atoms with Crippen LogP contribution in [0.1, 0.15) is 17.5 Å². The molecule has 16 heavy (non-hydrogen) atoms. The maximum atomic E-state index is 13.2. The maximum Gasteiger partial charge on any atom is 0.164 e. The number of benzene rings is 1.